The third kappa shape index (κ3) is 3.34. The van der Waals surface area contributed by atoms with Crippen molar-refractivity contribution >= 4 is 23.0 Å². The number of piperidine rings is 1. The van der Waals surface area contributed by atoms with Gasteiger partial charge in [-0.05, 0) is 56.0 Å². The molecule has 0 saturated carbocycles. The Balaban J connectivity index is 1.86. The van der Waals surface area contributed by atoms with Gasteiger partial charge in [0.1, 0.15) is 5.82 Å². The van der Waals surface area contributed by atoms with Gasteiger partial charge in [0.25, 0.3) is 5.91 Å². The summed E-state index contributed by atoms with van der Waals surface area (Å²) in [6.07, 6.45) is 2.89. The van der Waals surface area contributed by atoms with Crippen LogP contribution < -0.4 is 0 Å². The van der Waals surface area contributed by atoms with Gasteiger partial charge in [-0.3, -0.25) is 9.59 Å². The van der Waals surface area contributed by atoms with E-state index in [1.54, 1.807) is 24.3 Å². The van der Waals surface area contributed by atoms with Gasteiger partial charge in [-0.25, -0.2) is 4.39 Å². The number of hydrogen-bond acceptors (Lipinski definition) is 3. The van der Waals surface area contributed by atoms with Gasteiger partial charge in [0.05, 0.1) is 15.8 Å². The maximum Gasteiger partial charge on any atom is 0.264 e. The maximum absolute atomic E-state index is 13.1. The minimum Gasteiger partial charge on any atom is -0.331 e. The average molecular weight is 331 g/mol. The van der Waals surface area contributed by atoms with E-state index in [0.29, 0.717) is 16.3 Å². The molecule has 3 nitrogen and oxygen atoms in total. The molecule has 1 saturated heterocycles. The second kappa shape index (κ2) is 6.62. The van der Waals surface area contributed by atoms with E-state index in [1.165, 1.54) is 30.4 Å². The van der Waals surface area contributed by atoms with Crippen LogP contribution in [0.15, 0.2) is 36.4 Å². The molecule has 1 unspecified atom stereocenters. The van der Waals surface area contributed by atoms with Gasteiger partial charge >= 0.3 is 0 Å². The van der Waals surface area contributed by atoms with Crippen LogP contribution >= 0.6 is 11.3 Å². The van der Waals surface area contributed by atoms with Crippen LogP contribution in [0.25, 0.3) is 0 Å². The fourth-order valence-corrected chi connectivity index (χ4v) is 3.85. The first-order valence-electron chi connectivity index (χ1n) is 7.73. The van der Waals surface area contributed by atoms with E-state index in [-0.39, 0.29) is 23.5 Å². The topological polar surface area (TPSA) is 37.4 Å². The standard InChI is InChI=1S/C18H18FNO2S/c1-12(21)16-9-10-17(23-16)18(22)20-11-3-2-4-15(20)13-5-7-14(19)8-6-13/h5-10,15H,2-4,11H2,1H3. The van der Waals surface area contributed by atoms with Crippen molar-refractivity contribution in [2.24, 2.45) is 0 Å². The van der Waals surface area contributed by atoms with Gasteiger partial charge in [-0.2, -0.15) is 0 Å². The minimum absolute atomic E-state index is 0.0252. The highest BCUT2D eigenvalue weighted by atomic mass is 32.1. The van der Waals surface area contributed by atoms with E-state index in [1.807, 2.05) is 4.90 Å². The van der Waals surface area contributed by atoms with E-state index in [2.05, 4.69) is 0 Å². The van der Waals surface area contributed by atoms with Crippen molar-refractivity contribution in [2.75, 3.05) is 6.54 Å². The highest BCUT2D eigenvalue weighted by molar-refractivity contribution is 7.15. The quantitative estimate of drug-likeness (QED) is 0.779. The van der Waals surface area contributed by atoms with Gasteiger partial charge in [0, 0.05) is 6.54 Å². The van der Waals surface area contributed by atoms with Crippen LogP contribution in [0.2, 0.25) is 0 Å². The number of likely N-dealkylation sites (tertiary alicyclic amines) is 1. The number of thiophene rings is 1. The van der Waals surface area contributed by atoms with E-state index in [9.17, 15) is 14.0 Å². The number of ketones is 1. The van der Waals surface area contributed by atoms with Crippen LogP contribution in [0.5, 0.6) is 0 Å². The Morgan fingerprint density at radius 1 is 1.09 bits per heavy atom. The van der Waals surface area contributed by atoms with Crippen molar-refractivity contribution in [3.8, 4) is 0 Å². The van der Waals surface area contributed by atoms with E-state index < -0.39 is 0 Å². The second-order valence-corrected chi connectivity index (χ2v) is 6.87. The molecule has 1 fully saturated rings. The normalized spacial score (nSPS) is 18.0. The van der Waals surface area contributed by atoms with Crippen molar-refractivity contribution in [1.29, 1.82) is 0 Å². The Labute approximate surface area is 138 Å². The van der Waals surface area contributed by atoms with Crippen molar-refractivity contribution < 1.29 is 14.0 Å². The third-order valence-corrected chi connectivity index (χ3v) is 5.36. The van der Waals surface area contributed by atoms with Crippen molar-refractivity contribution in [2.45, 2.75) is 32.2 Å². The molecule has 1 aromatic carbocycles. The summed E-state index contributed by atoms with van der Waals surface area (Å²) in [5.74, 6) is -0.342. The molecular weight excluding hydrogens is 313 g/mol. The molecule has 2 heterocycles. The lowest BCUT2D eigenvalue weighted by molar-refractivity contribution is 0.0616. The summed E-state index contributed by atoms with van der Waals surface area (Å²) in [6.45, 7) is 2.19. The zero-order valence-corrected chi connectivity index (χ0v) is 13.7. The molecule has 23 heavy (non-hydrogen) atoms. The molecule has 2 aromatic rings. The first-order chi connectivity index (χ1) is 11.1. The zero-order chi connectivity index (χ0) is 16.4. The van der Waals surface area contributed by atoms with E-state index in [4.69, 9.17) is 0 Å². The average Bonchev–Trinajstić information content (AvgIpc) is 3.05. The Hall–Kier alpha value is -2.01. The number of halogens is 1. The molecule has 0 N–H and O–H groups in total. The van der Waals surface area contributed by atoms with Crippen molar-refractivity contribution in [3.05, 3.63) is 57.5 Å². The highest BCUT2D eigenvalue weighted by Gasteiger charge is 2.29. The molecule has 1 aliphatic rings. The summed E-state index contributed by atoms with van der Waals surface area (Å²) in [5, 5.41) is 0. The lowest BCUT2D eigenvalue weighted by Crippen LogP contribution is -2.38. The Morgan fingerprint density at radius 2 is 1.78 bits per heavy atom. The van der Waals surface area contributed by atoms with Gasteiger partial charge in [0.15, 0.2) is 5.78 Å². The van der Waals surface area contributed by atoms with Crippen LogP contribution in [0.4, 0.5) is 4.39 Å². The van der Waals surface area contributed by atoms with Crippen molar-refractivity contribution in [1.82, 2.24) is 4.90 Å². The number of nitrogens with zero attached hydrogens (tertiary/aromatic N) is 1. The molecule has 0 aliphatic carbocycles. The molecule has 0 bridgehead atoms. The molecular formula is C18H18FNO2S. The SMILES string of the molecule is CC(=O)c1ccc(C(=O)N2CCCCC2c2ccc(F)cc2)s1. The summed E-state index contributed by atoms with van der Waals surface area (Å²) in [4.78, 5) is 27.3. The molecule has 1 atom stereocenters. The highest BCUT2D eigenvalue weighted by Crippen LogP contribution is 2.33. The summed E-state index contributed by atoms with van der Waals surface area (Å²) in [6, 6.07) is 9.77. The molecule has 0 spiro atoms. The van der Waals surface area contributed by atoms with Crippen LogP contribution in [-0.4, -0.2) is 23.1 Å². The number of rotatable bonds is 3. The van der Waals surface area contributed by atoms with Gasteiger partial charge in [0.2, 0.25) is 0 Å². The Bertz CT molecular complexity index is 723. The summed E-state index contributed by atoms with van der Waals surface area (Å²) in [7, 11) is 0. The molecule has 1 amide bonds. The molecule has 1 aromatic heterocycles. The number of amides is 1. The third-order valence-electron chi connectivity index (χ3n) is 4.18. The second-order valence-electron chi connectivity index (χ2n) is 5.78. The Kier molecular flexibility index (Phi) is 4.57. The predicted octanol–water partition coefficient (Wildman–Crippen LogP) is 4.46. The fraction of sp³-hybridized carbons (Fsp3) is 0.333. The predicted molar refractivity (Wildman–Crippen MR) is 88.4 cm³/mol. The fourth-order valence-electron chi connectivity index (χ4n) is 2.99. The number of hydrogen-bond donors (Lipinski definition) is 0. The summed E-state index contributed by atoms with van der Waals surface area (Å²) < 4.78 is 13.1. The number of carbonyl (C=O) groups is 2. The first-order valence-corrected chi connectivity index (χ1v) is 8.55. The number of carbonyl (C=O) groups excluding carboxylic acids is 2. The smallest absolute Gasteiger partial charge is 0.264 e. The number of Topliss-reactive ketones (excluding diaryl/α,β-unsaturated/α-hetero) is 1. The molecule has 120 valence electrons. The largest absolute Gasteiger partial charge is 0.331 e. The van der Waals surface area contributed by atoms with Crippen LogP contribution in [0.1, 0.15) is 57.1 Å². The lowest BCUT2D eigenvalue weighted by Gasteiger charge is -2.36. The Morgan fingerprint density at radius 3 is 2.43 bits per heavy atom. The summed E-state index contributed by atoms with van der Waals surface area (Å²) in [5.41, 5.74) is 0.961. The van der Waals surface area contributed by atoms with Gasteiger partial charge in [-0.15, -0.1) is 11.3 Å². The van der Waals surface area contributed by atoms with Crippen molar-refractivity contribution in [3.63, 3.8) is 0 Å². The maximum atomic E-state index is 13.1. The molecule has 1 aliphatic heterocycles. The number of benzene rings is 1. The van der Waals surface area contributed by atoms with Crippen LogP contribution in [0, 0.1) is 5.82 Å². The monoisotopic (exact) mass is 331 g/mol. The lowest BCUT2D eigenvalue weighted by atomic mass is 9.95. The molecule has 3 rings (SSSR count). The van der Waals surface area contributed by atoms with E-state index in [0.717, 1.165) is 24.8 Å². The minimum atomic E-state index is -0.271. The molecule has 5 heteroatoms. The van der Waals surface area contributed by atoms with Gasteiger partial charge < -0.3 is 4.90 Å². The first kappa shape index (κ1) is 15.9. The van der Waals surface area contributed by atoms with E-state index >= 15 is 0 Å². The summed E-state index contributed by atoms with van der Waals surface area (Å²) >= 11 is 1.24. The zero-order valence-electron chi connectivity index (χ0n) is 12.9. The van der Waals surface area contributed by atoms with Crippen LogP contribution in [0.3, 0.4) is 0 Å². The van der Waals surface area contributed by atoms with Crippen LogP contribution in [-0.2, 0) is 0 Å². The van der Waals surface area contributed by atoms with Gasteiger partial charge in [-0.1, -0.05) is 12.1 Å². The molecule has 0 radical (unpaired) electrons.